The fourth-order valence-electron chi connectivity index (χ4n) is 3.92. The molecule has 0 spiro atoms. The second kappa shape index (κ2) is 10.5. The number of unbranched alkanes of at least 4 members (excludes halogenated alkanes) is 2. The molecular formula is C26H38F3N3O2. The van der Waals surface area contributed by atoms with Crippen molar-refractivity contribution in [1.82, 2.24) is 9.36 Å². The standard InChI is InChI=1S/C26H38F3N3O2/c1-8-9-10-15-32-22(17-21(31(32)7)24(2,3)4)30-23(33)20-16-19(26(27,28)29)12-11-18(20)13-14-25(5,6)34/h11-12,16-17,34H,8-10,13-15H2,1-7H3/b30-22+. The third-order valence-electron chi connectivity index (χ3n) is 5.87. The van der Waals surface area contributed by atoms with Gasteiger partial charge in [0.25, 0.3) is 5.91 Å². The SMILES string of the molecule is CCCCCn1/c(=N/C(=O)c2cc(C(F)(F)F)ccc2CCC(C)(C)O)cc(C(C)(C)C)n1C. The highest BCUT2D eigenvalue weighted by Gasteiger charge is 2.32. The van der Waals surface area contributed by atoms with Gasteiger partial charge in [0.15, 0.2) is 5.49 Å². The molecule has 190 valence electrons. The minimum Gasteiger partial charge on any atom is -0.390 e. The first-order valence-corrected chi connectivity index (χ1v) is 11.8. The summed E-state index contributed by atoms with van der Waals surface area (Å²) in [6.45, 7) is 12.2. The van der Waals surface area contributed by atoms with Crippen molar-refractivity contribution in [1.29, 1.82) is 0 Å². The topological polar surface area (TPSA) is 59.5 Å². The summed E-state index contributed by atoms with van der Waals surface area (Å²) in [5, 5.41) is 10.1. The average molecular weight is 482 g/mol. The normalized spacial score (nSPS) is 13.6. The van der Waals surface area contributed by atoms with Gasteiger partial charge in [-0.1, -0.05) is 46.6 Å². The van der Waals surface area contributed by atoms with Crippen LogP contribution in [0.3, 0.4) is 0 Å². The quantitative estimate of drug-likeness (QED) is 0.486. The number of rotatable bonds is 8. The number of nitrogens with zero attached hydrogens (tertiary/aromatic N) is 3. The van der Waals surface area contributed by atoms with Gasteiger partial charge < -0.3 is 5.11 Å². The van der Waals surface area contributed by atoms with E-state index in [1.54, 1.807) is 13.8 Å². The molecule has 8 heteroatoms. The van der Waals surface area contributed by atoms with Crippen molar-refractivity contribution in [2.24, 2.45) is 12.0 Å². The Morgan fingerprint density at radius 3 is 2.24 bits per heavy atom. The fourth-order valence-corrected chi connectivity index (χ4v) is 3.92. The molecule has 0 aliphatic carbocycles. The van der Waals surface area contributed by atoms with Crippen LogP contribution in [0.15, 0.2) is 29.3 Å². The first-order chi connectivity index (χ1) is 15.5. The van der Waals surface area contributed by atoms with Gasteiger partial charge in [-0.3, -0.25) is 14.2 Å². The molecule has 1 aromatic heterocycles. The van der Waals surface area contributed by atoms with Crippen molar-refractivity contribution >= 4 is 5.91 Å². The predicted octanol–water partition coefficient (Wildman–Crippen LogP) is 5.78. The van der Waals surface area contributed by atoms with Gasteiger partial charge in [-0.15, -0.1) is 0 Å². The number of aliphatic hydroxyl groups is 1. The number of carbonyl (C=O) groups excluding carboxylic acids is 1. The second-order valence-corrected chi connectivity index (χ2v) is 10.6. The van der Waals surface area contributed by atoms with Gasteiger partial charge in [0, 0.05) is 36.3 Å². The molecule has 0 atom stereocenters. The molecule has 0 fully saturated rings. The van der Waals surface area contributed by atoms with Gasteiger partial charge in [0.1, 0.15) is 0 Å². The van der Waals surface area contributed by atoms with Crippen LogP contribution in [0, 0.1) is 0 Å². The summed E-state index contributed by atoms with van der Waals surface area (Å²) < 4.78 is 44.1. The summed E-state index contributed by atoms with van der Waals surface area (Å²) in [6.07, 6.45) is -1.05. The van der Waals surface area contributed by atoms with Crippen molar-refractivity contribution in [3.05, 3.63) is 52.1 Å². The van der Waals surface area contributed by atoms with Crippen LogP contribution in [-0.2, 0) is 31.6 Å². The first-order valence-electron chi connectivity index (χ1n) is 11.8. The Bertz CT molecular complexity index is 1060. The van der Waals surface area contributed by atoms with Gasteiger partial charge in [0.2, 0.25) is 0 Å². The largest absolute Gasteiger partial charge is 0.416 e. The Morgan fingerprint density at radius 2 is 1.71 bits per heavy atom. The molecule has 0 aliphatic rings. The Morgan fingerprint density at radius 1 is 1.06 bits per heavy atom. The monoisotopic (exact) mass is 481 g/mol. The van der Waals surface area contributed by atoms with E-state index in [2.05, 4.69) is 32.7 Å². The maximum Gasteiger partial charge on any atom is 0.416 e. The zero-order valence-electron chi connectivity index (χ0n) is 21.4. The van der Waals surface area contributed by atoms with Crippen molar-refractivity contribution < 1.29 is 23.1 Å². The maximum atomic E-state index is 13.4. The fraction of sp³-hybridized carbons (Fsp3) is 0.615. The zero-order chi connectivity index (χ0) is 25.9. The number of benzene rings is 1. The molecule has 0 saturated heterocycles. The highest BCUT2D eigenvalue weighted by Crippen LogP contribution is 2.31. The van der Waals surface area contributed by atoms with Crippen LogP contribution in [0.25, 0.3) is 0 Å². The Balaban J connectivity index is 2.62. The van der Waals surface area contributed by atoms with E-state index in [0.717, 1.165) is 37.1 Å². The molecule has 1 heterocycles. The lowest BCUT2D eigenvalue weighted by Gasteiger charge is -2.20. The number of hydrogen-bond donors (Lipinski definition) is 1. The summed E-state index contributed by atoms with van der Waals surface area (Å²) >= 11 is 0. The summed E-state index contributed by atoms with van der Waals surface area (Å²) in [4.78, 5) is 17.6. The van der Waals surface area contributed by atoms with E-state index in [1.165, 1.54) is 6.07 Å². The Kier molecular flexibility index (Phi) is 8.62. The minimum absolute atomic E-state index is 0.0830. The number of aromatic nitrogens is 2. The second-order valence-electron chi connectivity index (χ2n) is 10.6. The van der Waals surface area contributed by atoms with E-state index in [0.29, 0.717) is 24.0 Å². The van der Waals surface area contributed by atoms with Crippen molar-refractivity contribution in [2.75, 3.05) is 0 Å². The van der Waals surface area contributed by atoms with E-state index < -0.39 is 23.2 Å². The predicted molar refractivity (Wildman–Crippen MR) is 128 cm³/mol. The van der Waals surface area contributed by atoms with E-state index in [1.807, 2.05) is 22.5 Å². The van der Waals surface area contributed by atoms with Crippen LogP contribution < -0.4 is 5.49 Å². The molecule has 1 N–H and O–H groups in total. The number of halogens is 3. The van der Waals surface area contributed by atoms with Gasteiger partial charge in [-0.2, -0.15) is 18.2 Å². The molecule has 0 radical (unpaired) electrons. The molecule has 0 aliphatic heterocycles. The van der Waals surface area contributed by atoms with E-state index in [4.69, 9.17) is 0 Å². The van der Waals surface area contributed by atoms with Crippen molar-refractivity contribution in [3.63, 3.8) is 0 Å². The van der Waals surface area contributed by atoms with Crippen LogP contribution in [0.1, 0.15) is 94.4 Å². The lowest BCUT2D eigenvalue weighted by atomic mass is 9.92. The molecule has 0 saturated carbocycles. The highest BCUT2D eigenvalue weighted by molar-refractivity contribution is 5.96. The van der Waals surface area contributed by atoms with E-state index >= 15 is 0 Å². The summed E-state index contributed by atoms with van der Waals surface area (Å²) in [6, 6.07) is 5.01. The molecule has 0 bridgehead atoms. The summed E-state index contributed by atoms with van der Waals surface area (Å²) in [5.41, 5.74) is -0.345. The summed E-state index contributed by atoms with van der Waals surface area (Å²) in [7, 11) is 1.91. The van der Waals surface area contributed by atoms with Gasteiger partial charge in [0.05, 0.1) is 11.2 Å². The lowest BCUT2D eigenvalue weighted by Crippen LogP contribution is -2.26. The van der Waals surface area contributed by atoms with E-state index in [-0.39, 0.29) is 17.4 Å². The zero-order valence-corrected chi connectivity index (χ0v) is 21.4. The first kappa shape index (κ1) is 27.9. The molecule has 0 unspecified atom stereocenters. The van der Waals surface area contributed by atoms with Crippen LogP contribution in [-0.4, -0.2) is 26.0 Å². The molecule has 1 aromatic carbocycles. The van der Waals surface area contributed by atoms with Gasteiger partial charge >= 0.3 is 6.18 Å². The highest BCUT2D eigenvalue weighted by atomic mass is 19.4. The average Bonchev–Trinajstić information content (AvgIpc) is 3.01. The molecule has 1 amide bonds. The number of aryl methyl sites for hydroxylation is 1. The van der Waals surface area contributed by atoms with Gasteiger partial charge in [-0.05, 0) is 50.8 Å². The molecule has 2 aromatic rings. The smallest absolute Gasteiger partial charge is 0.390 e. The Labute approximate surface area is 200 Å². The maximum absolute atomic E-state index is 13.4. The molecule has 34 heavy (non-hydrogen) atoms. The molecule has 5 nitrogen and oxygen atoms in total. The van der Waals surface area contributed by atoms with Crippen LogP contribution in [0.4, 0.5) is 13.2 Å². The summed E-state index contributed by atoms with van der Waals surface area (Å²) in [5.74, 6) is -0.716. The van der Waals surface area contributed by atoms with Crippen LogP contribution in [0.2, 0.25) is 0 Å². The molecule has 2 rings (SSSR count). The third-order valence-corrected chi connectivity index (χ3v) is 5.87. The molecular weight excluding hydrogens is 443 g/mol. The number of carbonyl (C=O) groups is 1. The number of amides is 1. The number of alkyl halides is 3. The van der Waals surface area contributed by atoms with Crippen LogP contribution >= 0.6 is 0 Å². The third kappa shape index (κ3) is 7.32. The van der Waals surface area contributed by atoms with E-state index in [9.17, 15) is 23.1 Å². The van der Waals surface area contributed by atoms with Crippen molar-refractivity contribution in [3.8, 4) is 0 Å². The lowest BCUT2D eigenvalue weighted by molar-refractivity contribution is -0.137. The Hall–Kier alpha value is -2.35. The minimum atomic E-state index is -4.57. The van der Waals surface area contributed by atoms with Crippen molar-refractivity contribution in [2.45, 2.75) is 97.4 Å². The van der Waals surface area contributed by atoms with Gasteiger partial charge in [-0.25, -0.2) is 0 Å². The van der Waals surface area contributed by atoms with Crippen LogP contribution in [0.5, 0.6) is 0 Å². The number of hydrogen-bond acceptors (Lipinski definition) is 2.